The number of anilines is 1. The summed E-state index contributed by atoms with van der Waals surface area (Å²) >= 11 is 0. The summed E-state index contributed by atoms with van der Waals surface area (Å²) in [6.45, 7) is 2.36. The van der Waals surface area contributed by atoms with Crippen LogP contribution in [-0.4, -0.2) is 26.6 Å². The van der Waals surface area contributed by atoms with Crippen molar-refractivity contribution < 1.29 is 9.53 Å². The van der Waals surface area contributed by atoms with E-state index in [1.165, 1.54) is 5.56 Å². The minimum atomic E-state index is -0.509. The lowest BCUT2D eigenvalue weighted by molar-refractivity contribution is 0.155. The van der Waals surface area contributed by atoms with Gasteiger partial charge in [-0.3, -0.25) is 5.32 Å². The van der Waals surface area contributed by atoms with E-state index in [2.05, 4.69) is 34.7 Å². The predicted octanol–water partition coefficient (Wildman–Crippen LogP) is 5.28. The third kappa shape index (κ3) is 4.70. The second-order valence-electron chi connectivity index (χ2n) is 8.75. The number of ether oxygens (including phenoxy) is 1. The number of nitrogens with zero attached hydrogens (tertiary/aromatic N) is 3. The Morgan fingerprint density at radius 2 is 1.91 bits per heavy atom. The van der Waals surface area contributed by atoms with Gasteiger partial charge < -0.3 is 10.5 Å². The molecule has 34 heavy (non-hydrogen) atoms. The molecule has 1 fully saturated rings. The SMILES string of the molecule is CC[C@]1(N)C[C@H]1c1ccc(-n2cc(-c3cccc(NC(=O)OCc4ccccc4)c3)nn2)cc1. The molecule has 1 heterocycles. The number of nitrogens with one attached hydrogen (secondary N) is 1. The van der Waals surface area contributed by atoms with Crippen molar-refractivity contribution in [3.05, 3.63) is 96.2 Å². The molecule has 172 valence electrons. The Bertz CT molecular complexity index is 1290. The second-order valence-corrected chi connectivity index (χ2v) is 8.75. The van der Waals surface area contributed by atoms with Crippen molar-refractivity contribution in [1.29, 1.82) is 0 Å². The minimum absolute atomic E-state index is 0.0467. The molecular formula is C27H27N5O2. The lowest BCUT2D eigenvalue weighted by atomic mass is 10.0. The Morgan fingerprint density at radius 3 is 2.65 bits per heavy atom. The highest BCUT2D eigenvalue weighted by Gasteiger charge is 2.49. The molecule has 1 aliphatic carbocycles. The molecule has 7 heteroatoms. The van der Waals surface area contributed by atoms with Crippen LogP contribution in [0.5, 0.6) is 0 Å². The number of hydrogen-bond donors (Lipinski definition) is 2. The van der Waals surface area contributed by atoms with Gasteiger partial charge in [0.05, 0.1) is 11.9 Å². The molecule has 7 nitrogen and oxygen atoms in total. The standard InChI is InChI=1S/C27H27N5O2/c1-2-27(28)16-24(27)20-11-13-23(14-12-20)32-17-25(30-31-32)21-9-6-10-22(15-21)29-26(33)34-18-19-7-4-3-5-8-19/h3-15,17,24H,2,16,18,28H2,1H3,(H,29,33)/t24-,27-/m0/s1. The quantitative estimate of drug-likeness (QED) is 0.397. The molecule has 4 aromatic rings. The summed E-state index contributed by atoms with van der Waals surface area (Å²) in [6.07, 6.45) is 3.40. The van der Waals surface area contributed by atoms with Crippen LogP contribution in [-0.2, 0) is 11.3 Å². The van der Waals surface area contributed by atoms with Crippen molar-refractivity contribution in [2.75, 3.05) is 5.32 Å². The fraction of sp³-hybridized carbons (Fsp3) is 0.222. The summed E-state index contributed by atoms with van der Waals surface area (Å²) in [5.41, 5.74) is 11.6. The van der Waals surface area contributed by atoms with Gasteiger partial charge >= 0.3 is 6.09 Å². The molecule has 1 aromatic heterocycles. The minimum Gasteiger partial charge on any atom is -0.444 e. The van der Waals surface area contributed by atoms with Crippen LogP contribution in [0.15, 0.2) is 85.1 Å². The zero-order valence-corrected chi connectivity index (χ0v) is 19.0. The summed E-state index contributed by atoms with van der Waals surface area (Å²) < 4.78 is 7.05. The van der Waals surface area contributed by atoms with Crippen LogP contribution in [0, 0.1) is 0 Å². The maximum absolute atomic E-state index is 12.2. The number of rotatable bonds is 7. The van der Waals surface area contributed by atoms with Crippen LogP contribution < -0.4 is 11.1 Å². The van der Waals surface area contributed by atoms with Gasteiger partial charge in [0.2, 0.25) is 0 Å². The molecule has 0 unspecified atom stereocenters. The van der Waals surface area contributed by atoms with Crippen molar-refractivity contribution in [1.82, 2.24) is 15.0 Å². The first-order chi connectivity index (χ1) is 16.5. The lowest BCUT2D eigenvalue weighted by Crippen LogP contribution is -2.22. The van der Waals surface area contributed by atoms with Crippen molar-refractivity contribution in [3.63, 3.8) is 0 Å². The second kappa shape index (κ2) is 9.11. The summed E-state index contributed by atoms with van der Waals surface area (Å²) in [7, 11) is 0. The van der Waals surface area contributed by atoms with Crippen molar-refractivity contribution in [2.24, 2.45) is 5.73 Å². The van der Waals surface area contributed by atoms with Crippen LogP contribution in [0.1, 0.15) is 36.8 Å². The lowest BCUT2D eigenvalue weighted by Gasteiger charge is -2.08. The van der Waals surface area contributed by atoms with Gasteiger partial charge in [0.1, 0.15) is 12.3 Å². The predicted molar refractivity (Wildman–Crippen MR) is 132 cm³/mol. The van der Waals surface area contributed by atoms with Gasteiger partial charge in [-0.1, -0.05) is 66.7 Å². The zero-order chi connectivity index (χ0) is 23.5. The Labute approximate surface area is 198 Å². The highest BCUT2D eigenvalue weighted by Crippen LogP contribution is 2.51. The van der Waals surface area contributed by atoms with Gasteiger partial charge in [-0.2, -0.15) is 0 Å². The third-order valence-electron chi connectivity index (χ3n) is 6.45. The largest absolute Gasteiger partial charge is 0.444 e. The molecule has 1 aliphatic rings. The van der Waals surface area contributed by atoms with E-state index in [9.17, 15) is 4.79 Å². The molecule has 3 N–H and O–H groups in total. The average Bonchev–Trinajstić information content (AvgIpc) is 3.32. The molecule has 0 bridgehead atoms. The van der Waals surface area contributed by atoms with Crippen LogP contribution in [0.4, 0.5) is 10.5 Å². The zero-order valence-electron chi connectivity index (χ0n) is 19.0. The van der Waals surface area contributed by atoms with Crippen LogP contribution in [0.2, 0.25) is 0 Å². The van der Waals surface area contributed by atoms with Crippen molar-refractivity contribution in [3.8, 4) is 16.9 Å². The van der Waals surface area contributed by atoms with Crippen LogP contribution in [0.3, 0.4) is 0 Å². The Kier molecular flexibility index (Phi) is 5.86. The van der Waals surface area contributed by atoms with Gasteiger partial charge in [-0.05, 0) is 48.2 Å². The van der Waals surface area contributed by atoms with E-state index >= 15 is 0 Å². The molecule has 0 radical (unpaired) electrons. The molecular weight excluding hydrogens is 426 g/mol. The summed E-state index contributed by atoms with van der Waals surface area (Å²) in [5, 5.41) is 11.4. The Morgan fingerprint density at radius 1 is 1.12 bits per heavy atom. The van der Waals surface area contributed by atoms with Gasteiger partial charge in [-0.15, -0.1) is 5.10 Å². The third-order valence-corrected chi connectivity index (χ3v) is 6.45. The molecule has 0 spiro atoms. The van der Waals surface area contributed by atoms with Gasteiger partial charge in [0.15, 0.2) is 0 Å². The number of carbonyl (C=O) groups is 1. The Balaban J connectivity index is 1.24. The normalized spacial score (nSPS) is 18.9. The fourth-order valence-corrected chi connectivity index (χ4v) is 4.18. The van der Waals surface area contributed by atoms with E-state index < -0.39 is 6.09 Å². The number of nitrogens with two attached hydrogens (primary N) is 1. The topological polar surface area (TPSA) is 95.1 Å². The molecule has 3 aromatic carbocycles. The molecule has 1 saturated carbocycles. The fourth-order valence-electron chi connectivity index (χ4n) is 4.18. The molecule has 0 aliphatic heterocycles. The first kappa shape index (κ1) is 21.9. The van der Waals surface area contributed by atoms with E-state index in [1.54, 1.807) is 4.68 Å². The highest BCUT2D eigenvalue weighted by molar-refractivity contribution is 5.85. The molecule has 2 atom stereocenters. The number of aromatic nitrogens is 3. The van der Waals surface area contributed by atoms with Gasteiger partial charge in [0.25, 0.3) is 0 Å². The van der Waals surface area contributed by atoms with Crippen molar-refractivity contribution in [2.45, 2.75) is 37.8 Å². The number of carbonyl (C=O) groups excluding carboxylic acids is 1. The van der Waals surface area contributed by atoms with E-state index in [0.29, 0.717) is 17.3 Å². The van der Waals surface area contributed by atoms with Gasteiger partial charge in [0, 0.05) is 22.7 Å². The van der Waals surface area contributed by atoms with Gasteiger partial charge in [-0.25, -0.2) is 9.48 Å². The molecule has 0 saturated heterocycles. The summed E-state index contributed by atoms with van der Waals surface area (Å²) in [6, 6.07) is 25.3. The summed E-state index contributed by atoms with van der Waals surface area (Å²) in [5.74, 6) is 0.437. The maximum atomic E-state index is 12.2. The first-order valence-electron chi connectivity index (χ1n) is 11.4. The van der Waals surface area contributed by atoms with E-state index in [-0.39, 0.29) is 12.1 Å². The summed E-state index contributed by atoms with van der Waals surface area (Å²) in [4.78, 5) is 12.2. The smallest absolute Gasteiger partial charge is 0.411 e. The van der Waals surface area contributed by atoms with E-state index in [0.717, 1.165) is 29.7 Å². The molecule has 5 rings (SSSR count). The first-order valence-corrected chi connectivity index (χ1v) is 11.4. The van der Waals surface area contributed by atoms with Crippen LogP contribution >= 0.6 is 0 Å². The number of benzene rings is 3. The van der Waals surface area contributed by atoms with E-state index in [4.69, 9.17) is 10.5 Å². The molecule has 1 amide bonds. The maximum Gasteiger partial charge on any atom is 0.411 e. The average molecular weight is 454 g/mol. The monoisotopic (exact) mass is 453 g/mol. The van der Waals surface area contributed by atoms with E-state index in [1.807, 2.05) is 72.9 Å². The number of amides is 1. The van der Waals surface area contributed by atoms with Crippen molar-refractivity contribution >= 4 is 11.8 Å². The Hall–Kier alpha value is -3.97. The van der Waals surface area contributed by atoms with Crippen LogP contribution in [0.25, 0.3) is 16.9 Å². The highest BCUT2D eigenvalue weighted by atomic mass is 16.5. The number of hydrogen-bond acceptors (Lipinski definition) is 5.